The number of aliphatic hydroxyl groups excluding tert-OH is 5. The maximum absolute atomic E-state index is 9.30. The van der Waals surface area contributed by atoms with E-state index in [-0.39, 0.29) is 6.42 Å². The summed E-state index contributed by atoms with van der Waals surface area (Å²) in [5, 5.41) is 45.5. The zero-order valence-electron chi connectivity index (χ0n) is 6.95. The molecule has 1 saturated heterocycles. The zero-order chi connectivity index (χ0) is 10.0. The molecule has 0 aromatic heterocycles. The van der Waals surface area contributed by atoms with E-state index in [9.17, 15) is 15.3 Å². The predicted octanol–water partition coefficient (Wildman–Crippen LogP) is -2.83. The molecule has 1 heterocycles. The molecule has 0 amide bonds. The lowest BCUT2D eigenvalue weighted by Crippen LogP contribution is -2.44. The molecule has 0 aromatic carbocycles. The average Bonchev–Trinajstić information content (AvgIpc) is 2.18. The molecule has 5 unspecified atom stereocenters. The normalized spacial score (nSPS) is 47.3. The summed E-state index contributed by atoms with van der Waals surface area (Å²) in [5.74, 6) is 0. The molecule has 0 saturated carbocycles. The van der Waals surface area contributed by atoms with Crippen molar-refractivity contribution in [1.29, 1.82) is 0 Å². The molecule has 0 bridgehead atoms. The highest BCUT2D eigenvalue weighted by molar-refractivity contribution is 4.85. The van der Waals surface area contributed by atoms with Gasteiger partial charge in [-0.15, -0.1) is 0 Å². The van der Waals surface area contributed by atoms with E-state index in [1.165, 1.54) is 0 Å². The minimum Gasteiger partial charge on any atom is -0.394 e. The van der Waals surface area contributed by atoms with Crippen LogP contribution in [-0.4, -0.2) is 62.8 Å². The molecule has 6 heteroatoms. The van der Waals surface area contributed by atoms with Gasteiger partial charge in [0.25, 0.3) is 0 Å². The Kier molecular flexibility index (Phi) is 3.60. The Labute approximate surface area is 75.0 Å². The van der Waals surface area contributed by atoms with E-state index < -0.39 is 37.3 Å². The standard InChI is InChI=1S/C7H14O6/c8-2-4-7(12)6(11)3(9)1-5(10)13-4/h3-12H,1-2H2. The van der Waals surface area contributed by atoms with Gasteiger partial charge in [0.15, 0.2) is 6.29 Å². The second kappa shape index (κ2) is 4.32. The summed E-state index contributed by atoms with van der Waals surface area (Å²) in [6.45, 7) is -0.526. The van der Waals surface area contributed by atoms with Crippen LogP contribution < -0.4 is 0 Å². The fraction of sp³-hybridized carbons (Fsp3) is 1.00. The number of aliphatic hydroxyl groups is 5. The van der Waals surface area contributed by atoms with Crippen LogP contribution in [0.5, 0.6) is 0 Å². The first-order valence-corrected chi connectivity index (χ1v) is 4.05. The van der Waals surface area contributed by atoms with Crippen LogP contribution in [0.15, 0.2) is 0 Å². The molecule has 0 radical (unpaired) electrons. The van der Waals surface area contributed by atoms with E-state index in [1.807, 2.05) is 0 Å². The fourth-order valence-electron chi connectivity index (χ4n) is 1.28. The Bertz CT molecular complexity index is 163. The predicted molar refractivity (Wildman–Crippen MR) is 40.6 cm³/mol. The average molecular weight is 194 g/mol. The largest absolute Gasteiger partial charge is 0.394 e. The minimum absolute atomic E-state index is 0.186. The van der Waals surface area contributed by atoms with E-state index in [2.05, 4.69) is 0 Å². The van der Waals surface area contributed by atoms with E-state index in [1.54, 1.807) is 0 Å². The maximum Gasteiger partial charge on any atom is 0.157 e. The van der Waals surface area contributed by atoms with Crippen LogP contribution in [0.3, 0.4) is 0 Å². The van der Waals surface area contributed by atoms with Crippen molar-refractivity contribution in [2.75, 3.05) is 6.61 Å². The smallest absolute Gasteiger partial charge is 0.157 e. The third kappa shape index (κ3) is 2.37. The lowest BCUT2D eigenvalue weighted by Gasteiger charge is -2.23. The van der Waals surface area contributed by atoms with E-state index >= 15 is 0 Å². The number of rotatable bonds is 1. The van der Waals surface area contributed by atoms with Gasteiger partial charge in [-0.1, -0.05) is 0 Å². The highest BCUT2D eigenvalue weighted by atomic mass is 16.6. The molecule has 0 aliphatic carbocycles. The third-order valence-corrected chi connectivity index (χ3v) is 2.08. The molecular formula is C7H14O6. The molecule has 78 valence electrons. The third-order valence-electron chi connectivity index (χ3n) is 2.08. The highest BCUT2D eigenvalue weighted by Gasteiger charge is 2.37. The summed E-state index contributed by atoms with van der Waals surface area (Å²) >= 11 is 0. The van der Waals surface area contributed by atoms with Gasteiger partial charge in [-0.2, -0.15) is 0 Å². The van der Waals surface area contributed by atoms with Crippen LogP contribution in [0.2, 0.25) is 0 Å². The van der Waals surface area contributed by atoms with E-state index in [0.717, 1.165) is 0 Å². The van der Waals surface area contributed by atoms with Crippen molar-refractivity contribution in [3.63, 3.8) is 0 Å². The molecule has 0 aromatic rings. The highest BCUT2D eigenvalue weighted by Crippen LogP contribution is 2.18. The molecule has 1 fully saturated rings. The zero-order valence-corrected chi connectivity index (χ0v) is 6.95. The van der Waals surface area contributed by atoms with Crippen molar-refractivity contribution in [2.45, 2.75) is 37.1 Å². The van der Waals surface area contributed by atoms with Gasteiger partial charge in [0.2, 0.25) is 0 Å². The fourth-order valence-corrected chi connectivity index (χ4v) is 1.28. The van der Waals surface area contributed by atoms with Crippen molar-refractivity contribution >= 4 is 0 Å². The summed E-state index contributed by atoms with van der Waals surface area (Å²) < 4.78 is 4.75. The van der Waals surface area contributed by atoms with Crippen LogP contribution >= 0.6 is 0 Å². The van der Waals surface area contributed by atoms with E-state index in [0.29, 0.717) is 0 Å². The van der Waals surface area contributed by atoms with Gasteiger partial charge in [-0.05, 0) is 0 Å². The molecule has 1 aliphatic heterocycles. The Balaban J connectivity index is 2.69. The van der Waals surface area contributed by atoms with Gasteiger partial charge in [0.1, 0.15) is 18.3 Å². The summed E-state index contributed by atoms with van der Waals surface area (Å²) in [6, 6.07) is 0. The summed E-state index contributed by atoms with van der Waals surface area (Å²) in [7, 11) is 0. The van der Waals surface area contributed by atoms with Gasteiger partial charge in [-0.25, -0.2) is 0 Å². The summed E-state index contributed by atoms with van der Waals surface area (Å²) in [5.41, 5.74) is 0. The monoisotopic (exact) mass is 194 g/mol. The van der Waals surface area contributed by atoms with Crippen molar-refractivity contribution < 1.29 is 30.3 Å². The Morgan fingerprint density at radius 2 is 1.69 bits per heavy atom. The van der Waals surface area contributed by atoms with Crippen molar-refractivity contribution in [3.05, 3.63) is 0 Å². The molecule has 13 heavy (non-hydrogen) atoms. The van der Waals surface area contributed by atoms with Crippen molar-refractivity contribution in [2.24, 2.45) is 0 Å². The molecule has 1 aliphatic rings. The van der Waals surface area contributed by atoms with Gasteiger partial charge in [0.05, 0.1) is 12.7 Å². The van der Waals surface area contributed by atoms with Gasteiger partial charge in [0, 0.05) is 6.42 Å². The van der Waals surface area contributed by atoms with Gasteiger partial charge in [-0.3, -0.25) is 0 Å². The second-order valence-electron chi connectivity index (χ2n) is 3.10. The summed E-state index contributed by atoms with van der Waals surface area (Å²) in [6.07, 6.45) is -6.58. The maximum atomic E-state index is 9.30. The number of hydrogen-bond acceptors (Lipinski definition) is 6. The SMILES string of the molecule is OCC1OC(O)CC(O)C(O)C1O. The van der Waals surface area contributed by atoms with Crippen LogP contribution in [0.1, 0.15) is 6.42 Å². The number of ether oxygens (including phenoxy) is 1. The first-order valence-electron chi connectivity index (χ1n) is 4.05. The number of hydrogen-bond donors (Lipinski definition) is 5. The molecular weight excluding hydrogens is 180 g/mol. The van der Waals surface area contributed by atoms with Crippen LogP contribution in [0.4, 0.5) is 0 Å². The lowest BCUT2D eigenvalue weighted by molar-refractivity contribution is -0.172. The Morgan fingerprint density at radius 3 is 2.23 bits per heavy atom. The van der Waals surface area contributed by atoms with E-state index in [4.69, 9.17) is 14.9 Å². The molecule has 5 atom stereocenters. The second-order valence-corrected chi connectivity index (χ2v) is 3.10. The Morgan fingerprint density at radius 1 is 1.08 bits per heavy atom. The van der Waals surface area contributed by atoms with Gasteiger partial charge >= 0.3 is 0 Å². The first-order chi connectivity index (χ1) is 6.06. The Hall–Kier alpha value is -0.240. The summed E-state index contributed by atoms with van der Waals surface area (Å²) in [4.78, 5) is 0. The topological polar surface area (TPSA) is 110 Å². The van der Waals surface area contributed by atoms with Crippen molar-refractivity contribution in [3.8, 4) is 0 Å². The van der Waals surface area contributed by atoms with Crippen LogP contribution in [0.25, 0.3) is 0 Å². The molecule has 0 spiro atoms. The molecule has 6 nitrogen and oxygen atoms in total. The van der Waals surface area contributed by atoms with Crippen LogP contribution in [-0.2, 0) is 4.74 Å². The quantitative estimate of drug-likeness (QED) is 0.308. The lowest BCUT2D eigenvalue weighted by atomic mass is 10.0. The molecule has 1 rings (SSSR count). The van der Waals surface area contributed by atoms with Crippen LogP contribution in [0, 0.1) is 0 Å². The minimum atomic E-state index is -1.41. The first kappa shape index (κ1) is 10.8. The molecule has 5 N–H and O–H groups in total. The van der Waals surface area contributed by atoms with Gasteiger partial charge < -0.3 is 30.3 Å². The van der Waals surface area contributed by atoms with Crippen molar-refractivity contribution in [1.82, 2.24) is 0 Å².